The van der Waals surface area contributed by atoms with E-state index in [0.29, 0.717) is 11.6 Å². The quantitative estimate of drug-likeness (QED) is 0.649. The van der Waals surface area contributed by atoms with E-state index < -0.39 is 0 Å². The van der Waals surface area contributed by atoms with Crippen molar-refractivity contribution in [2.24, 2.45) is 0 Å². The third kappa shape index (κ3) is 3.20. The Hall–Kier alpha value is -3.09. The van der Waals surface area contributed by atoms with E-state index in [0.717, 1.165) is 35.9 Å². The van der Waals surface area contributed by atoms with Crippen LogP contribution in [0.4, 0.5) is 11.8 Å². The molecule has 1 saturated heterocycles. The number of rotatable bonds is 5. The lowest BCUT2D eigenvalue weighted by Crippen LogP contribution is -2.59. The molecule has 1 aromatic carbocycles. The maximum atomic E-state index is 12.5. The minimum atomic E-state index is -0.0525. The van der Waals surface area contributed by atoms with E-state index >= 15 is 0 Å². The summed E-state index contributed by atoms with van der Waals surface area (Å²) in [5, 5.41) is 6.48. The predicted octanol–water partition coefficient (Wildman–Crippen LogP) is 2.54. The van der Waals surface area contributed by atoms with Crippen LogP contribution in [0.2, 0.25) is 0 Å². The maximum Gasteiger partial charge on any atom is 0.251 e. The molecule has 3 N–H and O–H groups in total. The van der Waals surface area contributed by atoms with Crippen LogP contribution in [0.15, 0.2) is 42.6 Å². The summed E-state index contributed by atoms with van der Waals surface area (Å²) < 4.78 is 0. The van der Waals surface area contributed by atoms with Gasteiger partial charge in [0.1, 0.15) is 5.82 Å². The molecule has 1 amide bonds. The fourth-order valence-electron chi connectivity index (χ4n) is 3.51. The summed E-state index contributed by atoms with van der Waals surface area (Å²) in [5.41, 5.74) is 2.64. The van der Waals surface area contributed by atoms with Gasteiger partial charge >= 0.3 is 0 Å². The summed E-state index contributed by atoms with van der Waals surface area (Å²) in [6.07, 6.45) is 5.31. The number of hydrogen-bond donors (Lipinski definition) is 3. The van der Waals surface area contributed by atoms with Gasteiger partial charge in [-0.1, -0.05) is 12.1 Å². The number of imidazole rings is 1. The topological polar surface area (TPSA) is 85.9 Å². The van der Waals surface area contributed by atoms with Crippen LogP contribution >= 0.6 is 0 Å². The van der Waals surface area contributed by atoms with Crippen LogP contribution in [0.1, 0.15) is 29.6 Å². The number of H-pyrrole nitrogens is 1. The lowest BCUT2D eigenvalue weighted by Gasteiger charge is -2.39. The van der Waals surface area contributed by atoms with Crippen LogP contribution in [-0.2, 0) is 0 Å². The minimum Gasteiger partial charge on any atom is -0.367 e. The Morgan fingerprint density at radius 1 is 1.15 bits per heavy atom. The zero-order chi connectivity index (χ0) is 18.2. The van der Waals surface area contributed by atoms with Gasteiger partial charge in [-0.3, -0.25) is 4.79 Å². The normalized spacial score (nSPS) is 17.4. The maximum absolute atomic E-state index is 12.5. The van der Waals surface area contributed by atoms with E-state index in [2.05, 4.69) is 30.5 Å². The Labute approximate surface area is 157 Å². The molecule has 3 aromatic rings. The number of para-hydroxylation sites is 2. The molecule has 2 aliphatic rings. The average molecular weight is 362 g/mol. The van der Waals surface area contributed by atoms with E-state index in [1.54, 1.807) is 12.3 Å². The van der Waals surface area contributed by atoms with E-state index in [1.807, 2.05) is 30.3 Å². The lowest BCUT2D eigenvalue weighted by molar-refractivity contribution is 0.0930. The molecule has 0 atom stereocenters. The molecule has 1 aliphatic carbocycles. The van der Waals surface area contributed by atoms with Gasteiger partial charge in [0.05, 0.1) is 17.1 Å². The molecule has 2 fully saturated rings. The number of hydrogen-bond acceptors (Lipinski definition) is 5. The van der Waals surface area contributed by atoms with E-state index in [1.165, 1.54) is 19.3 Å². The van der Waals surface area contributed by atoms with Gasteiger partial charge in [-0.25, -0.2) is 9.97 Å². The Balaban J connectivity index is 1.18. The van der Waals surface area contributed by atoms with Crippen molar-refractivity contribution in [1.29, 1.82) is 0 Å². The summed E-state index contributed by atoms with van der Waals surface area (Å²) in [6, 6.07) is 12.2. The molecule has 0 radical (unpaired) electrons. The van der Waals surface area contributed by atoms with Crippen molar-refractivity contribution in [3.8, 4) is 0 Å². The number of carbonyl (C=O) groups excluding carboxylic acids is 1. The van der Waals surface area contributed by atoms with Crippen molar-refractivity contribution < 1.29 is 4.79 Å². The summed E-state index contributed by atoms with van der Waals surface area (Å²) >= 11 is 0. The summed E-state index contributed by atoms with van der Waals surface area (Å²) in [6.45, 7) is 1.51. The van der Waals surface area contributed by atoms with Crippen LogP contribution in [-0.4, -0.2) is 46.0 Å². The number of pyridine rings is 1. The molecule has 5 rings (SSSR count). The lowest BCUT2D eigenvalue weighted by atomic mass is 9.93. The van der Waals surface area contributed by atoms with Gasteiger partial charge in [0.15, 0.2) is 0 Å². The van der Waals surface area contributed by atoms with Crippen molar-refractivity contribution in [2.75, 3.05) is 23.3 Å². The van der Waals surface area contributed by atoms with Gasteiger partial charge in [-0.2, -0.15) is 0 Å². The molecule has 0 unspecified atom stereocenters. The highest BCUT2D eigenvalue weighted by molar-refractivity contribution is 5.95. The van der Waals surface area contributed by atoms with E-state index in [4.69, 9.17) is 0 Å². The first-order valence-corrected chi connectivity index (χ1v) is 9.48. The first-order chi connectivity index (χ1) is 13.2. The Morgan fingerprint density at radius 2 is 2.00 bits per heavy atom. The largest absolute Gasteiger partial charge is 0.367 e. The van der Waals surface area contributed by atoms with E-state index in [-0.39, 0.29) is 11.9 Å². The number of aromatic nitrogens is 3. The van der Waals surface area contributed by atoms with Crippen LogP contribution in [0.5, 0.6) is 0 Å². The molecule has 7 nitrogen and oxygen atoms in total. The molecule has 3 heterocycles. The minimum absolute atomic E-state index is 0.0525. The molecule has 0 spiro atoms. The van der Waals surface area contributed by atoms with Crippen LogP contribution in [0.3, 0.4) is 0 Å². The molecule has 27 heavy (non-hydrogen) atoms. The monoisotopic (exact) mass is 362 g/mol. The third-order valence-corrected chi connectivity index (χ3v) is 5.37. The molecule has 2 aromatic heterocycles. The van der Waals surface area contributed by atoms with Crippen molar-refractivity contribution in [2.45, 2.75) is 31.3 Å². The first-order valence-electron chi connectivity index (χ1n) is 9.48. The Bertz CT molecular complexity index is 940. The highest BCUT2D eigenvalue weighted by Gasteiger charge is 2.30. The molecular weight excluding hydrogens is 340 g/mol. The number of carbonyl (C=O) groups is 1. The summed E-state index contributed by atoms with van der Waals surface area (Å²) in [4.78, 5) is 26.9. The van der Waals surface area contributed by atoms with Crippen molar-refractivity contribution >= 4 is 28.7 Å². The van der Waals surface area contributed by atoms with Crippen molar-refractivity contribution in [3.05, 3.63) is 48.2 Å². The van der Waals surface area contributed by atoms with Crippen LogP contribution < -0.4 is 15.5 Å². The molecular formula is C20H22N6O. The summed E-state index contributed by atoms with van der Waals surface area (Å²) in [5.74, 6) is 1.59. The zero-order valence-electron chi connectivity index (χ0n) is 15.0. The number of aromatic amines is 1. The van der Waals surface area contributed by atoms with Gasteiger partial charge in [-0.15, -0.1) is 0 Å². The number of benzene rings is 1. The fourth-order valence-corrected chi connectivity index (χ4v) is 3.51. The van der Waals surface area contributed by atoms with Crippen molar-refractivity contribution in [1.82, 2.24) is 20.3 Å². The average Bonchev–Trinajstić information content (AvgIpc) is 3.04. The van der Waals surface area contributed by atoms with Gasteiger partial charge in [0.25, 0.3) is 5.91 Å². The van der Waals surface area contributed by atoms with Crippen molar-refractivity contribution in [3.63, 3.8) is 0 Å². The van der Waals surface area contributed by atoms with E-state index in [9.17, 15) is 4.79 Å². The molecule has 7 heteroatoms. The predicted molar refractivity (Wildman–Crippen MR) is 105 cm³/mol. The zero-order valence-corrected chi connectivity index (χ0v) is 15.0. The number of nitrogens with zero attached hydrogens (tertiary/aromatic N) is 3. The van der Waals surface area contributed by atoms with Gasteiger partial charge in [0.2, 0.25) is 5.95 Å². The highest BCUT2D eigenvalue weighted by atomic mass is 16.1. The molecule has 0 bridgehead atoms. The SMILES string of the molecule is O=C(NC1CN(c2nc3ccccc3[nH]2)C1)c1ccnc(NC2CCC2)c1. The van der Waals surface area contributed by atoms with Crippen LogP contribution in [0.25, 0.3) is 11.0 Å². The first kappa shape index (κ1) is 16.1. The third-order valence-electron chi connectivity index (χ3n) is 5.37. The molecule has 138 valence electrons. The number of nitrogens with one attached hydrogen (secondary N) is 3. The van der Waals surface area contributed by atoms with Gasteiger partial charge < -0.3 is 20.5 Å². The second-order valence-electron chi connectivity index (χ2n) is 7.35. The smallest absolute Gasteiger partial charge is 0.251 e. The number of fused-ring (bicyclic) bond motifs is 1. The second-order valence-corrected chi connectivity index (χ2v) is 7.35. The number of amides is 1. The molecule has 1 saturated carbocycles. The summed E-state index contributed by atoms with van der Waals surface area (Å²) in [7, 11) is 0. The fraction of sp³-hybridized carbons (Fsp3) is 0.350. The molecule has 1 aliphatic heterocycles. The Kier molecular flexibility index (Phi) is 3.92. The highest BCUT2D eigenvalue weighted by Crippen LogP contribution is 2.23. The standard InChI is InChI=1S/C20H22N6O/c27-19(13-8-9-21-18(10-13)22-14-4-3-5-14)23-15-11-26(12-15)20-24-16-6-1-2-7-17(16)25-20/h1-2,6-10,14-15H,3-5,11-12H2,(H,21,22)(H,23,27)(H,24,25). The Morgan fingerprint density at radius 3 is 2.78 bits per heavy atom. The second kappa shape index (κ2) is 6.57. The number of anilines is 2. The van der Waals surface area contributed by atoms with Gasteiger partial charge in [-0.05, 0) is 43.5 Å². The van der Waals surface area contributed by atoms with Crippen LogP contribution in [0, 0.1) is 0 Å². The van der Waals surface area contributed by atoms with Gasteiger partial charge in [0, 0.05) is 30.9 Å².